The molecule has 0 radical (unpaired) electrons. The van der Waals surface area contributed by atoms with E-state index in [4.69, 9.17) is 14.8 Å². The molecule has 0 atom stereocenters. The number of aryl methyl sites for hydroxylation is 1. The van der Waals surface area contributed by atoms with Gasteiger partial charge in [-0.25, -0.2) is 4.98 Å². The van der Waals surface area contributed by atoms with Crippen LogP contribution in [0.3, 0.4) is 0 Å². The number of hydrogen-bond acceptors (Lipinski definition) is 9. The van der Waals surface area contributed by atoms with Gasteiger partial charge in [0.15, 0.2) is 18.2 Å². The van der Waals surface area contributed by atoms with E-state index in [1.165, 1.54) is 44.6 Å². The number of aromatic nitrogens is 4. The van der Waals surface area contributed by atoms with Gasteiger partial charge in [-0.15, -0.1) is 16.9 Å². The second-order valence-electron chi connectivity index (χ2n) is 15.4. The lowest BCUT2D eigenvalue weighted by molar-refractivity contribution is -0.385. The average molecular weight is 786 g/mol. The molecule has 0 aliphatic carbocycles. The number of amides is 1. The first-order valence-corrected chi connectivity index (χ1v) is 20.9. The van der Waals surface area contributed by atoms with Crippen LogP contribution in [0, 0.1) is 15.5 Å². The van der Waals surface area contributed by atoms with Crippen LogP contribution in [0.1, 0.15) is 106 Å². The van der Waals surface area contributed by atoms with E-state index in [-0.39, 0.29) is 28.0 Å². The van der Waals surface area contributed by atoms with Crippen molar-refractivity contribution in [1.82, 2.24) is 19.8 Å². The summed E-state index contributed by atoms with van der Waals surface area (Å²) in [6, 6.07) is 20.4. The molecule has 0 unspecified atom stereocenters. The number of nitrogens with zero attached hydrogens (tertiary/aromatic N) is 4. The highest BCUT2D eigenvalue weighted by atomic mass is 32.2. The Morgan fingerprint density at radius 3 is 2.33 bits per heavy atom. The number of para-hydroxylation sites is 1. The maximum absolute atomic E-state index is 12.8. The molecule has 1 amide bonds. The Balaban J connectivity index is 1.23. The molecule has 0 saturated carbocycles. The summed E-state index contributed by atoms with van der Waals surface area (Å²) < 4.78 is 7.80. The third-order valence-electron chi connectivity index (χ3n) is 9.26. The van der Waals surface area contributed by atoms with Crippen LogP contribution in [0.5, 0.6) is 5.75 Å². The summed E-state index contributed by atoms with van der Waals surface area (Å²) in [4.78, 5) is 31.7. The third-order valence-corrected chi connectivity index (χ3v) is 11.8. The number of fused-ring (bicyclic) bond motifs is 1. The number of nitrogens with one attached hydrogen (secondary N) is 3. The van der Waals surface area contributed by atoms with Gasteiger partial charge in [-0.05, 0) is 55.3 Å². The molecule has 0 saturated heterocycles. The predicted molar refractivity (Wildman–Crippen MR) is 226 cm³/mol. The molecule has 2 aromatic heterocycles. The number of rotatable bonds is 20. The van der Waals surface area contributed by atoms with Gasteiger partial charge >= 0.3 is 0 Å². The maximum atomic E-state index is 12.8. The van der Waals surface area contributed by atoms with Crippen LogP contribution in [0.15, 0.2) is 81.4 Å². The number of nitro benzene ring substituents is 1. The van der Waals surface area contributed by atoms with Crippen molar-refractivity contribution in [2.75, 3.05) is 17.4 Å². The molecule has 11 nitrogen and oxygen atoms in total. The maximum Gasteiger partial charge on any atom is 0.273 e. The van der Waals surface area contributed by atoms with Crippen molar-refractivity contribution >= 4 is 52.1 Å². The molecule has 3 aromatic carbocycles. The zero-order valence-corrected chi connectivity index (χ0v) is 34.8. The first-order valence-electron chi connectivity index (χ1n) is 19.3. The van der Waals surface area contributed by atoms with Crippen LogP contribution in [-0.4, -0.2) is 42.1 Å². The number of nitro groups is 1. The minimum absolute atomic E-state index is 0.00140. The third kappa shape index (κ3) is 11.5. The Morgan fingerprint density at radius 2 is 1.64 bits per heavy atom. The quantitative estimate of drug-likeness (QED) is 0.0231. The van der Waals surface area contributed by atoms with Crippen molar-refractivity contribution in [2.24, 2.45) is 5.41 Å². The summed E-state index contributed by atoms with van der Waals surface area (Å²) in [5.41, 5.74) is 3.61. The van der Waals surface area contributed by atoms with Gasteiger partial charge in [0.25, 0.3) is 5.69 Å². The monoisotopic (exact) mass is 785 g/mol. The Hall–Kier alpha value is -4.49. The summed E-state index contributed by atoms with van der Waals surface area (Å²) in [5, 5.41) is 26.1. The lowest BCUT2D eigenvalue weighted by atomic mass is 9.95. The number of non-ortho nitro benzene ring substituents is 1. The lowest BCUT2D eigenvalue weighted by Crippen LogP contribution is -2.27. The molecule has 0 bridgehead atoms. The summed E-state index contributed by atoms with van der Waals surface area (Å²) >= 11 is 3.26. The fourth-order valence-electron chi connectivity index (χ4n) is 6.00. The Kier molecular flexibility index (Phi) is 14.3. The van der Waals surface area contributed by atoms with Crippen LogP contribution < -0.4 is 15.4 Å². The van der Waals surface area contributed by atoms with E-state index in [1.54, 1.807) is 40.3 Å². The molecule has 0 spiro atoms. The highest BCUT2D eigenvalue weighted by molar-refractivity contribution is 8.00. The van der Waals surface area contributed by atoms with Gasteiger partial charge in [-0.2, -0.15) is 4.63 Å². The Morgan fingerprint density at radius 1 is 0.927 bits per heavy atom. The molecule has 13 heteroatoms. The molecule has 5 aromatic rings. The fourth-order valence-corrected chi connectivity index (χ4v) is 8.33. The second kappa shape index (κ2) is 18.9. The fraction of sp³-hybridized carbons (Fsp3) is 0.452. The molecule has 5 rings (SSSR count). The van der Waals surface area contributed by atoms with Crippen LogP contribution >= 0.6 is 23.5 Å². The van der Waals surface area contributed by atoms with Gasteiger partial charge < -0.3 is 15.4 Å². The number of carbonyl (C=O) groups excluding carboxylic acids is 1. The molecule has 3 N–H and O–H groups in total. The van der Waals surface area contributed by atoms with Crippen molar-refractivity contribution in [1.29, 1.82) is 0 Å². The van der Waals surface area contributed by atoms with Crippen LogP contribution in [0.2, 0.25) is 0 Å². The largest absolute Gasteiger partial charge is 0.472 e. The first-order chi connectivity index (χ1) is 26.3. The number of thioether (sulfide) groups is 1. The van der Waals surface area contributed by atoms with E-state index in [2.05, 4.69) is 43.4 Å². The summed E-state index contributed by atoms with van der Waals surface area (Å²) in [5.74, 6) is 1.02. The number of unbranched alkanes of at least 4 members (excludes halogenated alkanes) is 6. The number of H-pyrrole nitrogens is 1. The van der Waals surface area contributed by atoms with E-state index in [0.29, 0.717) is 17.2 Å². The standard InChI is InChI=1S/C42H55N7O4S2/c1-8-10-11-12-13-14-17-26-42(6,7)55-36-25-24-31(49(51)52)27-34(36)53-28-43-30-22-20-29(21-23-30)38-45-39-37(32(9-2)46-48(39)47-38)54-35-19-16-15-18-33(35)44-40(50)41(3,4)5/h15-16,18-25,27,43,46H,8-14,17,26,28H2,1-7H3,(H,44,50). The van der Waals surface area contributed by atoms with Crippen molar-refractivity contribution in [2.45, 2.75) is 126 Å². The van der Waals surface area contributed by atoms with Gasteiger partial charge in [0.1, 0.15) is 5.75 Å². The van der Waals surface area contributed by atoms with Crippen LogP contribution in [-0.2, 0) is 11.2 Å². The first kappa shape index (κ1) is 41.7. The van der Waals surface area contributed by atoms with Gasteiger partial charge in [-0.1, -0.05) is 117 Å². The molecule has 0 aliphatic heterocycles. The van der Waals surface area contributed by atoms with E-state index >= 15 is 0 Å². The van der Waals surface area contributed by atoms with Gasteiger partial charge in [0, 0.05) is 32.4 Å². The molecular formula is C42H55N7O4S2. The lowest BCUT2D eigenvalue weighted by Gasteiger charge is -2.25. The van der Waals surface area contributed by atoms with E-state index in [9.17, 15) is 14.9 Å². The van der Waals surface area contributed by atoms with Crippen molar-refractivity contribution in [3.8, 4) is 17.1 Å². The summed E-state index contributed by atoms with van der Waals surface area (Å²) in [7, 11) is 0. The van der Waals surface area contributed by atoms with Gasteiger partial charge in [0.05, 0.1) is 32.2 Å². The molecule has 2 heterocycles. The minimum atomic E-state index is -0.523. The van der Waals surface area contributed by atoms with Crippen molar-refractivity contribution in [3.63, 3.8) is 0 Å². The van der Waals surface area contributed by atoms with Crippen molar-refractivity contribution < 1.29 is 14.5 Å². The number of hydrogen-bond donors (Lipinski definition) is 3. The minimum Gasteiger partial charge on any atom is -0.472 e. The number of aromatic amines is 1. The number of benzene rings is 3. The number of ether oxygens (including phenoxy) is 1. The number of carbonyl (C=O) groups is 1. The van der Waals surface area contributed by atoms with E-state index in [0.717, 1.165) is 56.6 Å². The molecule has 294 valence electrons. The molecule has 0 fully saturated rings. The van der Waals surface area contributed by atoms with Crippen molar-refractivity contribution in [3.05, 3.63) is 82.5 Å². The predicted octanol–water partition coefficient (Wildman–Crippen LogP) is 11.8. The molecule has 0 aliphatic rings. The normalized spacial score (nSPS) is 11.9. The zero-order chi connectivity index (χ0) is 39.6. The highest BCUT2D eigenvalue weighted by Gasteiger charge is 2.25. The molecular weight excluding hydrogens is 731 g/mol. The summed E-state index contributed by atoms with van der Waals surface area (Å²) in [6.07, 6.45) is 10.6. The molecule has 55 heavy (non-hydrogen) atoms. The zero-order valence-electron chi connectivity index (χ0n) is 33.2. The second-order valence-corrected chi connectivity index (χ2v) is 18.2. The smallest absolute Gasteiger partial charge is 0.273 e. The van der Waals surface area contributed by atoms with E-state index < -0.39 is 5.41 Å². The van der Waals surface area contributed by atoms with Gasteiger partial charge in [-0.3, -0.25) is 20.0 Å². The van der Waals surface area contributed by atoms with Gasteiger partial charge in [0.2, 0.25) is 5.91 Å². The Bertz CT molecular complexity index is 2050. The van der Waals surface area contributed by atoms with Crippen LogP contribution in [0.25, 0.3) is 17.0 Å². The SMILES string of the molecule is CCCCCCCCCC(C)(C)Sc1ccc([N+](=O)[O-])cc1OCNc1ccc(-c2nc3c(Sc4ccccc4NC(=O)C(C)(C)C)c(CC)[nH]n3n2)cc1. The average Bonchev–Trinajstić information content (AvgIpc) is 3.71. The topological polar surface area (TPSA) is 139 Å². The number of anilines is 2. The Labute approximate surface area is 333 Å². The summed E-state index contributed by atoms with van der Waals surface area (Å²) in [6.45, 7) is 14.6. The van der Waals surface area contributed by atoms with Crippen LogP contribution in [0.4, 0.5) is 17.1 Å². The van der Waals surface area contributed by atoms with E-state index in [1.807, 2.05) is 69.3 Å². The highest BCUT2D eigenvalue weighted by Crippen LogP contribution is 2.43.